The largest absolute Gasteiger partial charge is 0.333 e. The van der Waals surface area contributed by atoms with Crippen molar-refractivity contribution in [3.05, 3.63) is 17.7 Å². The van der Waals surface area contributed by atoms with Crippen LogP contribution in [0.15, 0.2) is 6.33 Å². The zero-order chi connectivity index (χ0) is 11.9. The highest BCUT2D eigenvalue weighted by Crippen LogP contribution is 2.19. The monoisotopic (exact) mass is 235 g/mol. The lowest BCUT2D eigenvalue weighted by Gasteiger charge is -2.14. The molecule has 1 aliphatic carbocycles. The first-order valence-electron chi connectivity index (χ1n) is 7.15. The van der Waals surface area contributed by atoms with Gasteiger partial charge in [-0.05, 0) is 38.6 Å². The van der Waals surface area contributed by atoms with E-state index in [2.05, 4.69) is 21.8 Å². The molecule has 1 heterocycles. The molecule has 0 atom stereocenters. The van der Waals surface area contributed by atoms with Gasteiger partial charge in [0.05, 0.1) is 12.0 Å². The van der Waals surface area contributed by atoms with E-state index < -0.39 is 0 Å². The molecule has 0 saturated carbocycles. The predicted molar refractivity (Wildman–Crippen MR) is 71.3 cm³/mol. The summed E-state index contributed by atoms with van der Waals surface area (Å²) < 4.78 is 2.35. The van der Waals surface area contributed by atoms with Gasteiger partial charge in [0.2, 0.25) is 0 Å². The first-order chi connectivity index (χ1) is 8.42. The number of unbranched alkanes of at least 4 members (excludes halogenated alkanes) is 2. The average Bonchev–Trinajstić information content (AvgIpc) is 2.77. The second kappa shape index (κ2) is 6.80. The maximum atomic E-state index is 4.52. The number of nitrogens with zero attached hydrogens (tertiary/aromatic N) is 2. The van der Waals surface area contributed by atoms with Crippen molar-refractivity contribution >= 4 is 0 Å². The molecule has 3 heteroatoms. The Balaban J connectivity index is 1.70. The third kappa shape index (κ3) is 3.56. The summed E-state index contributed by atoms with van der Waals surface area (Å²) in [4.78, 5) is 4.52. The second-order valence-electron chi connectivity index (χ2n) is 5.00. The number of hydrogen-bond acceptors (Lipinski definition) is 2. The molecule has 0 amide bonds. The van der Waals surface area contributed by atoms with Crippen LogP contribution in [0.25, 0.3) is 0 Å². The Bertz CT molecular complexity index is 330. The van der Waals surface area contributed by atoms with Gasteiger partial charge in [0.15, 0.2) is 0 Å². The number of nitrogens with one attached hydrogen (secondary N) is 1. The lowest BCUT2D eigenvalue weighted by atomic mass is 10.0. The van der Waals surface area contributed by atoms with E-state index in [0.717, 1.165) is 19.6 Å². The van der Waals surface area contributed by atoms with E-state index in [1.807, 2.05) is 6.33 Å². The Morgan fingerprint density at radius 1 is 1.24 bits per heavy atom. The van der Waals surface area contributed by atoms with Crippen LogP contribution in [0.3, 0.4) is 0 Å². The van der Waals surface area contributed by atoms with Crippen molar-refractivity contribution in [3.8, 4) is 0 Å². The maximum absolute atomic E-state index is 4.52. The van der Waals surface area contributed by atoms with Gasteiger partial charge in [-0.3, -0.25) is 0 Å². The molecule has 0 unspecified atom stereocenters. The second-order valence-corrected chi connectivity index (χ2v) is 5.00. The molecule has 17 heavy (non-hydrogen) atoms. The van der Waals surface area contributed by atoms with Gasteiger partial charge in [-0.25, -0.2) is 4.98 Å². The summed E-state index contributed by atoms with van der Waals surface area (Å²) >= 11 is 0. The summed E-state index contributed by atoms with van der Waals surface area (Å²) in [5.41, 5.74) is 2.84. The quantitative estimate of drug-likeness (QED) is 0.736. The molecule has 0 saturated heterocycles. The van der Waals surface area contributed by atoms with Gasteiger partial charge in [0.1, 0.15) is 0 Å². The first kappa shape index (κ1) is 12.6. The van der Waals surface area contributed by atoms with Crippen molar-refractivity contribution in [2.24, 2.45) is 0 Å². The molecule has 0 aliphatic heterocycles. The summed E-state index contributed by atoms with van der Waals surface area (Å²) in [7, 11) is 0. The van der Waals surface area contributed by atoms with Gasteiger partial charge in [-0.15, -0.1) is 0 Å². The van der Waals surface area contributed by atoms with Gasteiger partial charge in [-0.1, -0.05) is 19.8 Å². The number of aryl methyl sites for hydroxylation is 1. The molecule has 1 aliphatic rings. The topological polar surface area (TPSA) is 29.9 Å². The highest BCUT2D eigenvalue weighted by molar-refractivity contribution is 5.16. The van der Waals surface area contributed by atoms with Crippen molar-refractivity contribution in [2.75, 3.05) is 13.1 Å². The smallest absolute Gasteiger partial charge is 0.0952 e. The molecule has 1 aromatic rings. The molecule has 0 spiro atoms. The Hall–Kier alpha value is -0.830. The van der Waals surface area contributed by atoms with E-state index in [1.54, 1.807) is 0 Å². The minimum absolute atomic E-state index is 1.08. The number of imidazole rings is 1. The van der Waals surface area contributed by atoms with E-state index in [-0.39, 0.29) is 0 Å². The molecule has 1 N–H and O–H groups in total. The van der Waals surface area contributed by atoms with Crippen molar-refractivity contribution in [2.45, 2.75) is 58.4 Å². The van der Waals surface area contributed by atoms with Crippen LogP contribution in [0.1, 0.15) is 50.4 Å². The lowest BCUT2D eigenvalue weighted by Crippen LogP contribution is -2.22. The average molecular weight is 235 g/mol. The van der Waals surface area contributed by atoms with Crippen molar-refractivity contribution in [3.63, 3.8) is 0 Å². The van der Waals surface area contributed by atoms with Crippen LogP contribution >= 0.6 is 0 Å². The molecule has 0 bridgehead atoms. The van der Waals surface area contributed by atoms with Crippen molar-refractivity contribution < 1.29 is 0 Å². The highest BCUT2D eigenvalue weighted by Gasteiger charge is 2.14. The Morgan fingerprint density at radius 2 is 2.12 bits per heavy atom. The molecule has 0 fully saturated rings. The van der Waals surface area contributed by atoms with Gasteiger partial charge < -0.3 is 9.88 Å². The molecule has 0 radical (unpaired) electrons. The normalized spacial score (nSPS) is 14.9. The number of fused-ring (bicyclic) bond motifs is 1. The van der Waals surface area contributed by atoms with Crippen LogP contribution in [0, 0.1) is 0 Å². The zero-order valence-electron chi connectivity index (χ0n) is 11.0. The fraction of sp³-hybridized carbons (Fsp3) is 0.786. The molecular weight excluding hydrogens is 210 g/mol. The van der Waals surface area contributed by atoms with Gasteiger partial charge in [-0.2, -0.15) is 0 Å². The summed E-state index contributed by atoms with van der Waals surface area (Å²) in [5, 5.41) is 3.52. The van der Waals surface area contributed by atoms with Gasteiger partial charge in [0, 0.05) is 18.8 Å². The lowest BCUT2D eigenvalue weighted by molar-refractivity contribution is 0.548. The predicted octanol–water partition coefficient (Wildman–Crippen LogP) is 2.54. The SMILES string of the molecule is CCCCCNCCn1cnc2c1CCCC2. The van der Waals surface area contributed by atoms with Crippen molar-refractivity contribution in [1.82, 2.24) is 14.9 Å². The van der Waals surface area contributed by atoms with Gasteiger partial charge >= 0.3 is 0 Å². The Morgan fingerprint density at radius 3 is 3.00 bits per heavy atom. The fourth-order valence-corrected chi connectivity index (χ4v) is 2.55. The van der Waals surface area contributed by atoms with E-state index in [0.29, 0.717) is 0 Å². The summed E-state index contributed by atoms with van der Waals surface area (Å²) in [5.74, 6) is 0. The third-order valence-corrected chi connectivity index (χ3v) is 3.60. The number of rotatable bonds is 7. The van der Waals surface area contributed by atoms with Crippen LogP contribution < -0.4 is 5.32 Å². The fourth-order valence-electron chi connectivity index (χ4n) is 2.55. The zero-order valence-corrected chi connectivity index (χ0v) is 11.0. The van der Waals surface area contributed by atoms with Crippen LogP contribution in [-0.2, 0) is 19.4 Å². The molecule has 1 aromatic heterocycles. The minimum Gasteiger partial charge on any atom is -0.333 e. The molecule has 0 aromatic carbocycles. The van der Waals surface area contributed by atoms with Crippen LogP contribution in [0.4, 0.5) is 0 Å². The summed E-state index contributed by atoms with van der Waals surface area (Å²) in [6.45, 7) is 5.56. The minimum atomic E-state index is 1.08. The molecule has 2 rings (SSSR count). The van der Waals surface area contributed by atoms with E-state index in [4.69, 9.17) is 0 Å². The van der Waals surface area contributed by atoms with Gasteiger partial charge in [0.25, 0.3) is 0 Å². The number of hydrogen-bond donors (Lipinski definition) is 1. The van der Waals surface area contributed by atoms with E-state index in [1.165, 1.54) is 56.3 Å². The van der Waals surface area contributed by atoms with Crippen LogP contribution in [0.5, 0.6) is 0 Å². The number of aromatic nitrogens is 2. The Kier molecular flexibility index (Phi) is 5.05. The molecule has 3 nitrogen and oxygen atoms in total. The molecular formula is C14H25N3. The summed E-state index contributed by atoms with van der Waals surface area (Å²) in [6.07, 6.45) is 11.0. The first-order valence-corrected chi connectivity index (χ1v) is 7.15. The van der Waals surface area contributed by atoms with E-state index in [9.17, 15) is 0 Å². The molecule has 96 valence electrons. The summed E-state index contributed by atoms with van der Waals surface area (Å²) in [6, 6.07) is 0. The maximum Gasteiger partial charge on any atom is 0.0952 e. The highest BCUT2D eigenvalue weighted by atomic mass is 15.1. The Labute approximate surface area is 105 Å². The van der Waals surface area contributed by atoms with Crippen LogP contribution in [-0.4, -0.2) is 22.6 Å². The van der Waals surface area contributed by atoms with Crippen LogP contribution in [0.2, 0.25) is 0 Å². The third-order valence-electron chi connectivity index (χ3n) is 3.60. The van der Waals surface area contributed by atoms with E-state index >= 15 is 0 Å². The van der Waals surface area contributed by atoms with Crippen molar-refractivity contribution in [1.29, 1.82) is 0 Å². The standard InChI is InChI=1S/C14H25N3/c1-2-3-6-9-15-10-11-17-12-16-13-7-4-5-8-14(13)17/h12,15H,2-11H2,1H3.